The third-order valence-corrected chi connectivity index (χ3v) is 2.87. The van der Waals surface area contributed by atoms with Crippen LogP contribution < -0.4 is 0 Å². The summed E-state index contributed by atoms with van der Waals surface area (Å²) >= 11 is 0. The highest BCUT2D eigenvalue weighted by Crippen LogP contribution is 2.19. The molecule has 1 unspecified atom stereocenters. The van der Waals surface area contributed by atoms with E-state index in [0.29, 0.717) is 12.5 Å². The second-order valence-corrected chi connectivity index (χ2v) is 4.99. The van der Waals surface area contributed by atoms with Crippen molar-refractivity contribution in [2.24, 2.45) is 11.1 Å². The first-order chi connectivity index (χ1) is 6.96. The number of nitrogens with zero attached hydrogens (tertiary/aromatic N) is 2. The largest absolute Gasteiger partial charge is 0.411 e. The van der Waals surface area contributed by atoms with E-state index in [9.17, 15) is 5.11 Å². The average Bonchev–Trinajstić information content (AvgIpc) is 2.15. The zero-order valence-electron chi connectivity index (χ0n) is 9.90. The highest BCUT2D eigenvalue weighted by atomic mass is 16.4. The Hall–Kier alpha value is -0.610. The minimum absolute atomic E-state index is 0.339. The van der Waals surface area contributed by atoms with E-state index in [4.69, 9.17) is 5.21 Å². The summed E-state index contributed by atoms with van der Waals surface area (Å²) in [5.74, 6) is 0.339. The Bertz CT molecular complexity index is 233. The molecule has 4 nitrogen and oxygen atoms in total. The van der Waals surface area contributed by atoms with Crippen LogP contribution in [0.4, 0.5) is 0 Å². The van der Waals surface area contributed by atoms with E-state index in [1.165, 1.54) is 0 Å². The Morgan fingerprint density at radius 1 is 1.53 bits per heavy atom. The smallest absolute Gasteiger partial charge is 0.0718 e. The summed E-state index contributed by atoms with van der Waals surface area (Å²) < 4.78 is 0. The van der Waals surface area contributed by atoms with Gasteiger partial charge in [-0.25, -0.2) is 0 Å². The predicted molar refractivity (Wildman–Crippen MR) is 60.4 cm³/mol. The van der Waals surface area contributed by atoms with Crippen molar-refractivity contribution >= 4 is 5.71 Å². The summed E-state index contributed by atoms with van der Waals surface area (Å²) in [6.07, 6.45) is 1.80. The fraction of sp³-hybridized carbons (Fsp3) is 0.909. The monoisotopic (exact) mass is 214 g/mol. The van der Waals surface area contributed by atoms with Gasteiger partial charge in [-0.15, -0.1) is 0 Å². The number of rotatable bonds is 3. The van der Waals surface area contributed by atoms with Crippen LogP contribution in [0, 0.1) is 5.92 Å². The Balaban J connectivity index is 2.54. The lowest BCUT2D eigenvalue weighted by Crippen LogP contribution is -2.46. The van der Waals surface area contributed by atoms with Gasteiger partial charge in [0.2, 0.25) is 0 Å². The van der Waals surface area contributed by atoms with Crippen LogP contribution in [0.1, 0.15) is 33.6 Å². The molecule has 0 saturated carbocycles. The summed E-state index contributed by atoms with van der Waals surface area (Å²) in [6, 6.07) is 0. The molecule has 0 amide bonds. The number of β-amino-alcohol motifs (C(OH)–C–C–N with tert-alkyl or cyclic N) is 1. The van der Waals surface area contributed by atoms with Crippen molar-refractivity contribution in [2.75, 3.05) is 19.6 Å². The number of likely N-dealkylation sites (tertiary alicyclic amines) is 1. The molecule has 0 spiro atoms. The summed E-state index contributed by atoms with van der Waals surface area (Å²) in [5.41, 5.74) is 0.260. The SMILES string of the molecule is CCC1CN(CC(C)(C)O)CCC1=NO. The van der Waals surface area contributed by atoms with Gasteiger partial charge in [-0.05, 0) is 20.3 Å². The quantitative estimate of drug-likeness (QED) is 0.550. The fourth-order valence-electron chi connectivity index (χ4n) is 2.17. The maximum Gasteiger partial charge on any atom is 0.0718 e. The van der Waals surface area contributed by atoms with Gasteiger partial charge in [0.25, 0.3) is 0 Å². The lowest BCUT2D eigenvalue weighted by Gasteiger charge is -2.36. The van der Waals surface area contributed by atoms with E-state index in [0.717, 1.165) is 31.6 Å². The lowest BCUT2D eigenvalue weighted by atomic mass is 9.92. The summed E-state index contributed by atoms with van der Waals surface area (Å²) in [7, 11) is 0. The molecule has 88 valence electrons. The van der Waals surface area contributed by atoms with E-state index in [1.807, 2.05) is 13.8 Å². The Labute approximate surface area is 91.6 Å². The molecule has 1 atom stereocenters. The van der Waals surface area contributed by atoms with Gasteiger partial charge < -0.3 is 10.3 Å². The molecule has 4 heteroatoms. The molecule has 1 saturated heterocycles. The van der Waals surface area contributed by atoms with Crippen LogP contribution in [-0.4, -0.2) is 46.2 Å². The van der Waals surface area contributed by atoms with Gasteiger partial charge >= 0.3 is 0 Å². The minimum Gasteiger partial charge on any atom is -0.411 e. The molecule has 1 heterocycles. The van der Waals surface area contributed by atoms with Gasteiger partial charge in [0.05, 0.1) is 11.3 Å². The van der Waals surface area contributed by atoms with Crippen LogP contribution in [0.15, 0.2) is 5.16 Å². The van der Waals surface area contributed by atoms with Crippen LogP contribution in [0.2, 0.25) is 0 Å². The maximum atomic E-state index is 9.73. The number of aliphatic hydroxyl groups is 1. The Morgan fingerprint density at radius 2 is 2.20 bits per heavy atom. The first-order valence-electron chi connectivity index (χ1n) is 5.62. The molecule has 1 fully saturated rings. The first kappa shape index (κ1) is 12.5. The number of hydrogen-bond donors (Lipinski definition) is 2. The van der Waals surface area contributed by atoms with Gasteiger partial charge in [0.15, 0.2) is 0 Å². The second-order valence-electron chi connectivity index (χ2n) is 4.99. The molecule has 2 N–H and O–H groups in total. The summed E-state index contributed by atoms with van der Waals surface area (Å²) in [6.45, 7) is 8.19. The molecule has 15 heavy (non-hydrogen) atoms. The van der Waals surface area contributed by atoms with Crippen molar-refractivity contribution in [1.82, 2.24) is 4.90 Å². The zero-order valence-corrected chi connectivity index (χ0v) is 9.90. The maximum absolute atomic E-state index is 9.73. The number of oxime groups is 1. The molecule has 0 aromatic carbocycles. The molecule has 0 aromatic rings. The van der Waals surface area contributed by atoms with Crippen molar-refractivity contribution in [2.45, 2.75) is 39.2 Å². The van der Waals surface area contributed by atoms with Crippen molar-refractivity contribution in [1.29, 1.82) is 0 Å². The molecule has 1 rings (SSSR count). The molecule has 0 radical (unpaired) electrons. The van der Waals surface area contributed by atoms with Crippen molar-refractivity contribution < 1.29 is 10.3 Å². The predicted octanol–water partition coefficient (Wildman–Crippen LogP) is 1.32. The standard InChI is InChI=1S/C11H22N2O2/c1-4-9-7-13(8-11(2,3)14)6-5-10(9)12-15/h9,14-15H,4-8H2,1-3H3. The molecule has 1 aliphatic heterocycles. The Kier molecular flexibility index (Phi) is 4.11. The highest BCUT2D eigenvalue weighted by Gasteiger charge is 2.27. The van der Waals surface area contributed by atoms with Crippen LogP contribution in [-0.2, 0) is 0 Å². The first-order valence-corrected chi connectivity index (χ1v) is 5.62. The van der Waals surface area contributed by atoms with Gasteiger partial charge in [0.1, 0.15) is 0 Å². The molecule has 1 aliphatic rings. The van der Waals surface area contributed by atoms with Crippen molar-refractivity contribution in [3.63, 3.8) is 0 Å². The second kappa shape index (κ2) is 4.94. The van der Waals surface area contributed by atoms with E-state index in [1.54, 1.807) is 0 Å². The van der Waals surface area contributed by atoms with Crippen LogP contribution >= 0.6 is 0 Å². The van der Waals surface area contributed by atoms with Crippen LogP contribution in [0.5, 0.6) is 0 Å². The molecule has 0 aliphatic carbocycles. The van der Waals surface area contributed by atoms with Crippen molar-refractivity contribution in [3.8, 4) is 0 Å². The van der Waals surface area contributed by atoms with E-state index in [2.05, 4.69) is 17.0 Å². The topological polar surface area (TPSA) is 56.1 Å². The van der Waals surface area contributed by atoms with Gasteiger partial charge in [-0.1, -0.05) is 12.1 Å². The van der Waals surface area contributed by atoms with E-state index < -0.39 is 5.60 Å². The summed E-state index contributed by atoms with van der Waals surface area (Å²) in [5, 5.41) is 21.9. The fourth-order valence-corrected chi connectivity index (χ4v) is 2.17. The zero-order chi connectivity index (χ0) is 11.5. The van der Waals surface area contributed by atoms with Gasteiger partial charge in [-0.3, -0.25) is 4.90 Å². The van der Waals surface area contributed by atoms with E-state index >= 15 is 0 Å². The van der Waals surface area contributed by atoms with Gasteiger partial charge in [0, 0.05) is 32.0 Å². The summed E-state index contributed by atoms with van der Waals surface area (Å²) in [4.78, 5) is 2.24. The number of piperidine rings is 1. The molecule has 0 aromatic heterocycles. The van der Waals surface area contributed by atoms with E-state index in [-0.39, 0.29) is 0 Å². The molecular weight excluding hydrogens is 192 g/mol. The normalized spacial score (nSPS) is 27.2. The lowest BCUT2D eigenvalue weighted by molar-refractivity contribution is 0.0311. The van der Waals surface area contributed by atoms with Crippen LogP contribution in [0.3, 0.4) is 0 Å². The Morgan fingerprint density at radius 3 is 2.67 bits per heavy atom. The highest BCUT2D eigenvalue weighted by molar-refractivity contribution is 5.87. The van der Waals surface area contributed by atoms with Crippen molar-refractivity contribution in [3.05, 3.63) is 0 Å². The number of hydrogen-bond acceptors (Lipinski definition) is 4. The van der Waals surface area contributed by atoms with Crippen LogP contribution in [0.25, 0.3) is 0 Å². The molecular formula is C11H22N2O2. The third kappa shape index (κ3) is 3.80. The average molecular weight is 214 g/mol. The third-order valence-electron chi connectivity index (χ3n) is 2.87. The van der Waals surface area contributed by atoms with Gasteiger partial charge in [-0.2, -0.15) is 0 Å². The minimum atomic E-state index is -0.647. The molecule has 0 bridgehead atoms.